The lowest BCUT2D eigenvalue weighted by Crippen LogP contribution is -2.11. The first-order chi connectivity index (χ1) is 9.95. The van der Waals surface area contributed by atoms with Gasteiger partial charge >= 0.3 is 0 Å². The molecule has 21 heavy (non-hydrogen) atoms. The van der Waals surface area contributed by atoms with Gasteiger partial charge < -0.3 is 4.57 Å². The van der Waals surface area contributed by atoms with Crippen LogP contribution in [0.1, 0.15) is 44.4 Å². The maximum Gasteiger partial charge on any atom is 0.138 e. The summed E-state index contributed by atoms with van der Waals surface area (Å²) in [5.41, 5.74) is 1.66. The van der Waals surface area contributed by atoms with E-state index in [0.29, 0.717) is 3.57 Å². The summed E-state index contributed by atoms with van der Waals surface area (Å²) in [4.78, 5) is 4.62. The highest BCUT2D eigenvalue weighted by Gasteiger charge is 2.20. The molecule has 0 saturated carbocycles. The lowest BCUT2D eigenvalue weighted by Gasteiger charge is -2.18. The number of nitrogens with zero attached hydrogens (tertiary/aromatic N) is 2. The summed E-state index contributed by atoms with van der Waals surface area (Å²) in [6, 6.07) is 3.62. The predicted octanol–water partition coefficient (Wildman–Crippen LogP) is 5.78. The van der Waals surface area contributed by atoms with E-state index in [0.717, 1.165) is 34.8 Å². The fraction of sp³-hybridized carbons (Fsp3) is 0.533. The zero-order valence-electron chi connectivity index (χ0n) is 12.4. The number of hydrogen-bond donors (Lipinski definition) is 0. The minimum atomic E-state index is -0.201. The molecule has 2 unspecified atom stereocenters. The van der Waals surface area contributed by atoms with E-state index in [1.54, 1.807) is 12.1 Å². The Bertz CT molecular complexity index is 630. The third-order valence-corrected chi connectivity index (χ3v) is 5.39. The Morgan fingerprint density at radius 3 is 2.76 bits per heavy atom. The van der Waals surface area contributed by atoms with Gasteiger partial charge in [0.1, 0.15) is 11.6 Å². The van der Waals surface area contributed by atoms with E-state index < -0.39 is 0 Å². The van der Waals surface area contributed by atoms with Gasteiger partial charge in [0.25, 0.3) is 0 Å². The number of benzene rings is 1. The summed E-state index contributed by atoms with van der Waals surface area (Å²) >= 11 is 10.2. The summed E-state index contributed by atoms with van der Waals surface area (Å²) in [6.07, 6.45) is 1.02. The van der Waals surface area contributed by atoms with Gasteiger partial charge in [0.2, 0.25) is 0 Å². The van der Waals surface area contributed by atoms with Crippen LogP contribution in [0.25, 0.3) is 11.0 Å². The second-order valence-corrected chi connectivity index (χ2v) is 8.26. The van der Waals surface area contributed by atoms with Crippen LogP contribution in [0.3, 0.4) is 0 Å². The second-order valence-electron chi connectivity index (χ2n) is 5.05. The number of rotatable bonds is 6. The fourth-order valence-electron chi connectivity index (χ4n) is 2.38. The van der Waals surface area contributed by atoms with Crippen molar-refractivity contribution in [3.05, 3.63) is 27.3 Å². The van der Waals surface area contributed by atoms with Crippen LogP contribution in [0.5, 0.6) is 0 Å². The molecule has 6 heteroatoms. The molecule has 2 aromatic rings. The van der Waals surface area contributed by atoms with Gasteiger partial charge in [0.05, 0.1) is 20.0 Å². The Hall–Kier alpha value is -0.0100. The van der Waals surface area contributed by atoms with Crippen molar-refractivity contribution in [2.24, 2.45) is 0 Å². The van der Waals surface area contributed by atoms with E-state index in [1.165, 1.54) is 0 Å². The van der Waals surface area contributed by atoms with Crippen LogP contribution in [-0.4, -0.2) is 21.1 Å². The van der Waals surface area contributed by atoms with Crippen molar-refractivity contribution in [2.45, 2.75) is 38.6 Å². The number of imidazole rings is 1. The largest absolute Gasteiger partial charge is 0.324 e. The molecule has 0 bridgehead atoms. The first kappa shape index (κ1) is 17.3. The van der Waals surface area contributed by atoms with Crippen LogP contribution >= 0.6 is 46.0 Å². The summed E-state index contributed by atoms with van der Waals surface area (Å²) < 4.78 is 16.6. The highest BCUT2D eigenvalue weighted by Crippen LogP contribution is 2.31. The number of fused-ring (bicyclic) bond motifs is 1. The molecule has 0 fully saturated rings. The van der Waals surface area contributed by atoms with Crippen LogP contribution in [0.4, 0.5) is 4.39 Å². The molecule has 0 saturated heterocycles. The monoisotopic (exact) mass is 440 g/mol. The topological polar surface area (TPSA) is 17.8 Å². The third-order valence-electron chi connectivity index (χ3n) is 3.44. The van der Waals surface area contributed by atoms with Crippen LogP contribution in [0.2, 0.25) is 0 Å². The second kappa shape index (κ2) is 7.51. The van der Waals surface area contributed by atoms with E-state index in [2.05, 4.69) is 23.4 Å². The zero-order valence-corrected chi connectivity index (χ0v) is 16.1. The SMILES string of the molecule is CCSCCC(C)n1c(C(C)Cl)nc2cc(I)c(F)cc21. The number of halogens is 3. The minimum absolute atomic E-state index is 0.195. The Balaban J connectivity index is 2.47. The molecule has 116 valence electrons. The molecule has 2 nitrogen and oxygen atoms in total. The smallest absolute Gasteiger partial charge is 0.138 e. The summed E-state index contributed by atoms with van der Waals surface area (Å²) in [6.45, 7) is 6.22. The Labute approximate surface area is 148 Å². The van der Waals surface area contributed by atoms with Crippen molar-refractivity contribution in [1.29, 1.82) is 0 Å². The lowest BCUT2D eigenvalue weighted by atomic mass is 10.2. The number of aromatic nitrogens is 2. The van der Waals surface area contributed by atoms with Gasteiger partial charge in [-0.1, -0.05) is 6.92 Å². The zero-order chi connectivity index (χ0) is 15.6. The van der Waals surface area contributed by atoms with Crippen LogP contribution in [-0.2, 0) is 0 Å². The molecule has 2 atom stereocenters. The van der Waals surface area contributed by atoms with Gasteiger partial charge in [-0.05, 0) is 60.4 Å². The molecule has 2 rings (SSSR count). The maximum atomic E-state index is 13.9. The molecule has 0 radical (unpaired) electrons. The molecule has 0 amide bonds. The Morgan fingerprint density at radius 2 is 2.14 bits per heavy atom. The molecular weight excluding hydrogens is 422 g/mol. The fourth-order valence-corrected chi connectivity index (χ4v) is 3.78. The maximum absolute atomic E-state index is 13.9. The standard InChI is InChI=1S/C15H19ClFIN2S/c1-4-21-6-5-9(2)20-14-7-11(17)12(18)8-13(14)19-15(20)10(3)16/h7-10H,4-6H2,1-3H3. The van der Waals surface area contributed by atoms with Gasteiger partial charge in [-0.15, -0.1) is 11.6 Å². The highest BCUT2D eigenvalue weighted by atomic mass is 127. The van der Waals surface area contributed by atoms with Crippen LogP contribution < -0.4 is 0 Å². The van der Waals surface area contributed by atoms with Gasteiger partial charge in [-0.25, -0.2) is 9.37 Å². The highest BCUT2D eigenvalue weighted by molar-refractivity contribution is 14.1. The van der Waals surface area contributed by atoms with E-state index in [-0.39, 0.29) is 17.2 Å². The van der Waals surface area contributed by atoms with E-state index in [1.807, 2.05) is 41.3 Å². The predicted molar refractivity (Wildman–Crippen MR) is 99.0 cm³/mol. The van der Waals surface area contributed by atoms with Crippen LogP contribution in [0, 0.1) is 9.39 Å². The van der Waals surface area contributed by atoms with Crippen molar-refractivity contribution in [2.75, 3.05) is 11.5 Å². The average Bonchev–Trinajstić information content (AvgIpc) is 2.78. The van der Waals surface area contributed by atoms with Crippen molar-refractivity contribution in [1.82, 2.24) is 9.55 Å². The number of alkyl halides is 1. The molecular formula is C15H19ClFIN2S. The molecule has 0 spiro atoms. The average molecular weight is 441 g/mol. The van der Waals surface area contributed by atoms with Crippen molar-refractivity contribution < 1.29 is 4.39 Å². The summed E-state index contributed by atoms with van der Waals surface area (Å²) in [7, 11) is 0. The van der Waals surface area contributed by atoms with Crippen molar-refractivity contribution in [3.8, 4) is 0 Å². The quantitative estimate of drug-likeness (QED) is 0.322. The molecule has 0 N–H and O–H groups in total. The summed E-state index contributed by atoms with van der Waals surface area (Å²) in [5.74, 6) is 2.82. The van der Waals surface area contributed by atoms with Gasteiger partial charge in [0, 0.05) is 12.1 Å². The van der Waals surface area contributed by atoms with E-state index in [4.69, 9.17) is 11.6 Å². The minimum Gasteiger partial charge on any atom is -0.324 e. The third kappa shape index (κ3) is 3.85. The van der Waals surface area contributed by atoms with E-state index in [9.17, 15) is 4.39 Å². The first-order valence-electron chi connectivity index (χ1n) is 7.04. The lowest BCUT2D eigenvalue weighted by molar-refractivity contribution is 0.524. The van der Waals surface area contributed by atoms with Gasteiger partial charge in [-0.2, -0.15) is 11.8 Å². The number of thioether (sulfide) groups is 1. The van der Waals surface area contributed by atoms with Gasteiger partial charge in [-0.3, -0.25) is 0 Å². The molecule has 0 aliphatic heterocycles. The van der Waals surface area contributed by atoms with Gasteiger partial charge in [0.15, 0.2) is 0 Å². The first-order valence-corrected chi connectivity index (χ1v) is 9.71. The normalized spacial score (nSPS) is 14.6. The molecule has 0 aliphatic rings. The molecule has 1 aromatic heterocycles. The van der Waals surface area contributed by atoms with E-state index >= 15 is 0 Å². The van der Waals surface area contributed by atoms with Crippen LogP contribution in [0.15, 0.2) is 12.1 Å². The van der Waals surface area contributed by atoms with Crippen molar-refractivity contribution >= 4 is 57.0 Å². The number of hydrogen-bond acceptors (Lipinski definition) is 2. The van der Waals surface area contributed by atoms with Crippen molar-refractivity contribution in [3.63, 3.8) is 0 Å². The molecule has 1 heterocycles. The molecule has 0 aliphatic carbocycles. The Kier molecular flexibility index (Phi) is 6.20. The summed E-state index contributed by atoms with van der Waals surface area (Å²) in [5, 5.41) is -0.195. The molecule has 1 aromatic carbocycles. The Morgan fingerprint density at radius 1 is 1.43 bits per heavy atom.